The number of aliphatic hydroxyl groups is 1. The zero-order valence-corrected chi connectivity index (χ0v) is 9.75. The predicted molar refractivity (Wildman–Crippen MR) is 56.2 cm³/mol. The second-order valence-corrected chi connectivity index (χ2v) is 5.70. The molecule has 2 fully saturated rings. The molecule has 1 saturated heterocycles. The van der Waals surface area contributed by atoms with Gasteiger partial charge in [-0.25, -0.2) is 0 Å². The van der Waals surface area contributed by atoms with Gasteiger partial charge < -0.3 is 9.84 Å². The maximum atomic E-state index is 11.4. The molecule has 0 spiro atoms. The summed E-state index contributed by atoms with van der Waals surface area (Å²) in [6.07, 6.45) is 3.31. The first kappa shape index (κ1) is 10.9. The summed E-state index contributed by atoms with van der Waals surface area (Å²) >= 11 is 0. The van der Waals surface area contributed by atoms with Gasteiger partial charge in [-0.05, 0) is 39.0 Å². The van der Waals surface area contributed by atoms with E-state index < -0.39 is 11.2 Å². The van der Waals surface area contributed by atoms with Gasteiger partial charge in [0.2, 0.25) is 0 Å². The largest absolute Gasteiger partial charge is 0.456 e. The SMILES string of the molecule is C[C@H]1CC[C@]2(C(C)(C)O)OC(=O)C[C@@H]2C1. The third kappa shape index (κ3) is 1.57. The first-order chi connectivity index (χ1) is 6.85. The lowest BCUT2D eigenvalue weighted by Gasteiger charge is -2.47. The average Bonchev–Trinajstić information content (AvgIpc) is 2.40. The standard InChI is InChI=1S/C12H20O3/c1-8-4-5-12(11(2,3)14)9(6-8)7-10(13)15-12/h8-9,14H,4-7H2,1-3H3/t8-,9-,12-/m0/s1. The minimum Gasteiger partial charge on any atom is -0.456 e. The van der Waals surface area contributed by atoms with Crippen LogP contribution in [0.5, 0.6) is 0 Å². The topological polar surface area (TPSA) is 46.5 Å². The minimum atomic E-state index is -0.927. The summed E-state index contributed by atoms with van der Waals surface area (Å²) in [7, 11) is 0. The number of carbonyl (C=O) groups is 1. The molecular weight excluding hydrogens is 192 g/mol. The highest BCUT2D eigenvalue weighted by Crippen LogP contribution is 2.51. The van der Waals surface area contributed by atoms with Gasteiger partial charge in [0.25, 0.3) is 0 Å². The van der Waals surface area contributed by atoms with E-state index in [1.54, 1.807) is 13.8 Å². The van der Waals surface area contributed by atoms with Crippen LogP contribution in [-0.2, 0) is 9.53 Å². The molecule has 0 amide bonds. The predicted octanol–water partition coefficient (Wildman–Crippen LogP) is 1.88. The second kappa shape index (κ2) is 3.21. The van der Waals surface area contributed by atoms with Gasteiger partial charge >= 0.3 is 5.97 Å². The van der Waals surface area contributed by atoms with Crippen LogP contribution in [0.2, 0.25) is 0 Å². The first-order valence-corrected chi connectivity index (χ1v) is 5.79. The summed E-state index contributed by atoms with van der Waals surface area (Å²) in [5, 5.41) is 10.2. The fraction of sp³-hybridized carbons (Fsp3) is 0.917. The van der Waals surface area contributed by atoms with Crippen molar-refractivity contribution in [3.8, 4) is 0 Å². The molecule has 1 N–H and O–H groups in total. The lowest BCUT2D eigenvalue weighted by Crippen LogP contribution is -2.56. The summed E-state index contributed by atoms with van der Waals surface area (Å²) < 4.78 is 5.48. The van der Waals surface area contributed by atoms with Gasteiger partial charge in [0.1, 0.15) is 5.60 Å². The van der Waals surface area contributed by atoms with Crippen LogP contribution < -0.4 is 0 Å². The van der Waals surface area contributed by atoms with E-state index in [4.69, 9.17) is 4.74 Å². The molecule has 1 heterocycles. The zero-order chi connectivity index (χ0) is 11.3. The molecule has 1 aliphatic carbocycles. The van der Waals surface area contributed by atoms with Crippen molar-refractivity contribution in [1.82, 2.24) is 0 Å². The molecule has 2 aliphatic rings. The molecule has 86 valence electrons. The average molecular weight is 212 g/mol. The van der Waals surface area contributed by atoms with Gasteiger partial charge in [-0.15, -0.1) is 0 Å². The van der Waals surface area contributed by atoms with Crippen LogP contribution in [0, 0.1) is 11.8 Å². The number of fused-ring (bicyclic) bond motifs is 1. The van der Waals surface area contributed by atoms with E-state index in [0.717, 1.165) is 19.3 Å². The number of esters is 1. The normalized spacial score (nSPS) is 41.2. The minimum absolute atomic E-state index is 0.142. The molecular formula is C12H20O3. The first-order valence-electron chi connectivity index (χ1n) is 5.79. The Hall–Kier alpha value is -0.570. The van der Waals surface area contributed by atoms with E-state index in [9.17, 15) is 9.90 Å². The number of hydrogen-bond acceptors (Lipinski definition) is 3. The molecule has 15 heavy (non-hydrogen) atoms. The van der Waals surface area contributed by atoms with Crippen molar-refractivity contribution in [2.45, 2.75) is 57.7 Å². The summed E-state index contributed by atoms with van der Waals surface area (Å²) in [5.41, 5.74) is -1.54. The molecule has 0 radical (unpaired) electrons. The molecule has 0 aromatic heterocycles. The second-order valence-electron chi connectivity index (χ2n) is 5.70. The third-order valence-electron chi connectivity index (χ3n) is 4.10. The van der Waals surface area contributed by atoms with Crippen molar-refractivity contribution in [3.63, 3.8) is 0 Å². The Kier molecular flexibility index (Phi) is 2.34. The van der Waals surface area contributed by atoms with Gasteiger partial charge in [0.05, 0.1) is 12.0 Å². The molecule has 1 saturated carbocycles. The van der Waals surface area contributed by atoms with E-state index in [1.807, 2.05) is 0 Å². The third-order valence-corrected chi connectivity index (χ3v) is 4.10. The van der Waals surface area contributed by atoms with E-state index in [1.165, 1.54) is 0 Å². The van der Waals surface area contributed by atoms with Crippen molar-refractivity contribution in [1.29, 1.82) is 0 Å². The molecule has 1 aliphatic heterocycles. The smallest absolute Gasteiger partial charge is 0.306 e. The molecule has 0 aromatic carbocycles. The Labute approximate surface area is 90.8 Å². The number of rotatable bonds is 1. The van der Waals surface area contributed by atoms with E-state index in [-0.39, 0.29) is 11.9 Å². The highest BCUT2D eigenvalue weighted by atomic mass is 16.6. The van der Waals surface area contributed by atoms with E-state index >= 15 is 0 Å². The summed E-state index contributed by atoms with van der Waals surface area (Å²) in [5.74, 6) is 0.699. The van der Waals surface area contributed by atoms with Gasteiger partial charge in [0, 0.05) is 5.92 Å². The van der Waals surface area contributed by atoms with Crippen LogP contribution in [0.1, 0.15) is 46.5 Å². The van der Waals surface area contributed by atoms with Crippen LogP contribution in [0.4, 0.5) is 0 Å². The number of ether oxygens (including phenoxy) is 1. The fourth-order valence-electron chi connectivity index (χ4n) is 3.22. The molecule has 2 rings (SSSR count). The van der Waals surface area contributed by atoms with Crippen LogP contribution in [0.3, 0.4) is 0 Å². The molecule has 3 atom stereocenters. The number of carbonyl (C=O) groups excluding carboxylic acids is 1. The Morgan fingerprint density at radius 1 is 1.53 bits per heavy atom. The van der Waals surface area contributed by atoms with Crippen molar-refractivity contribution in [3.05, 3.63) is 0 Å². The Balaban J connectivity index is 2.31. The lowest BCUT2D eigenvalue weighted by atomic mass is 9.65. The molecule has 3 nitrogen and oxygen atoms in total. The Morgan fingerprint density at radius 2 is 2.20 bits per heavy atom. The Morgan fingerprint density at radius 3 is 2.80 bits per heavy atom. The van der Waals surface area contributed by atoms with Crippen molar-refractivity contribution in [2.75, 3.05) is 0 Å². The Bertz CT molecular complexity index is 279. The number of hydrogen-bond donors (Lipinski definition) is 1. The van der Waals surface area contributed by atoms with Gasteiger partial charge in [-0.2, -0.15) is 0 Å². The maximum absolute atomic E-state index is 11.4. The summed E-state index contributed by atoms with van der Waals surface area (Å²) in [6.45, 7) is 5.72. The molecule has 0 aromatic rings. The zero-order valence-electron chi connectivity index (χ0n) is 9.75. The van der Waals surface area contributed by atoms with Crippen molar-refractivity contribution >= 4 is 5.97 Å². The fourth-order valence-corrected chi connectivity index (χ4v) is 3.22. The van der Waals surface area contributed by atoms with Gasteiger partial charge in [-0.1, -0.05) is 6.92 Å². The highest BCUT2D eigenvalue weighted by molar-refractivity contribution is 5.73. The van der Waals surface area contributed by atoms with Gasteiger partial charge in [-0.3, -0.25) is 4.79 Å². The lowest BCUT2D eigenvalue weighted by molar-refractivity contribution is -0.189. The van der Waals surface area contributed by atoms with Crippen molar-refractivity contribution in [2.24, 2.45) is 11.8 Å². The van der Waals surface area contributed by atoms with Crippen LogP contribution in [-0.4, -0.2) is 22.3 Å². The monoisotopic (exact) mass is 212 g/mol. The summed E-state index contributed by atoms with van der Waals surface area (Å²) in [4.78, 5) is 11.4. The van der Waals surface area contributed by atoms with Gasteiger partial charge in [0.15, 0.2) is 0 Å². The molecule has 0 unspecified atom stereocenters. The van der Waals surface area contributed by atoms with E-state index in [2.05, 4.69) is 6.92 Å². The molecule has 3 heteroatoms. The quantitative estimate of drug-likeness (QED) is 0.675. The maximum Gasteiger partial charge on any atom is 0.306 e. The summed E-state index contributed by atoms with van der Waals surface area (Å²) in [6, 6.07) is 0. The van der Waals surface area contributed by atoms with Crippen LogP contribution in [0.25, 0.3) is 0 Å². The van der Waals surface area contributed by atoms with E-state index in [0.29, 0.717) is 12.3 Å². The van der Waals surface area contributed by atoms with Crippen LogP contribution in [0.15, 0.2) is 0 Å². The highest BCUT2D eigenvalue weighted by Gasteiger charge is 2.59. The van der Waals surface area contributed by atoms with Crippen LogP contribution >= 0.6 is 0 Å². The molecule has 0 bridgehead atoms. The van der Waals surface area contributed by atoms with Crippen molar-refractivity contribution < 1.29 is 14.6 Å².